The molecule has 2 heterocycles. The summed E-state index contributed by atoms with van der Waals surface area (Å²) in [6, 6.07) is 0.199. The summed E-state index contributed by atoms with van der Waals surface area (Å²) in [7, 11) is 0. The van der Waals surface area contributed by atoms with E-state index in [0.29, 0.717) is 19.7 Å². The van der Waals surface area contributed by atoms with Gasteiger partial charge < -0.3 is 15.4 Å². The maximum atomic E-state index is 12.5. The molecule has 8 heteroatoms. The lowest BCUT2D eigenvalue weighted by Gasteiger charge is -2.33. The van der Waals surface area contributed by atoms with Crippen LogP contribution in [0.2, 0.25) is 0 Å². The number of rotatable bonds is 2. The molecule has 1 aromatic rings. The number of ether oxygens (including phenoxy) is 1. The molecule has 1 aliphatic carbocycles. The average Bonchev–Trinajstić information content (AvgIpc) is 3.09. The molecule has 3 atom stereocenters. The van der Waals surface area contributed by atoms with Gasteiger partial charge in [-0.1, -0.05) is 0 Å². The average molecular weight is 354 g/mol. The number of nitrogens with zero attached hydrogens (tertiary/aromatic N) is 2. The normalized spacial score (nSPS) is 28.6. The molecule has 3 rings (SSSR count). The van der Waals surface area contributed by atoms with Gasteiger partial charge in [-0.3, -0.25) is 4.79 Å². The molecule has 21 heavy (non-hydrogen) atoms. The van der Waals surface area contributed by atoms with E-state index in [9.17, 15) is 4.79 Å². The number of amides is 1. The summed E-state index contributed by atoms with van der Waals surface area (Å²) in [5.74, 6) is 0.364. The Labute approximate surface area is 141 Å². The van der Waals surface area contributed by atoms with Crippen LogP contribution in [-0.4, -0.2) is 41.5 Å². The fraction of sp³-hybridized carbons (Fsp3) is 0.692. The zero-order chi connectivity index (χ0) is 13.2. The smallest absolute Gasteiger partial charge is 0.225 e. The van der Waals surface area contributed by atoms with Crippen LogP contribution in [0.3, 0.4) is 0 Å². The molecule has 2 fully saturated rings. The standard InChI is InChI=1S/C13H19N3O2S.2ClH/c14-10-2-1-9(7-10)13(17)16-4-5-18-11(8-16)12-15-3-6-19-12;;/h3,6,9-11H,1-2,4-5,7-8,14H2;2*1H. The van der Waals surface area contributed by atoms with Gasteiger partial charge in [0.2, 0.25) is 5.91 Å². The summed E-state index contributed by atoms with van der Waals surface area (Å²) in [5.41, 5.74) is 5.89. The monoisotopic (exact) mass is 353 g/mol. The first kappa shape index (κ1) is 18.6. The number of hydrogen-bond donors (Lipinski definition) is 1. The second-order valence-corrected chi connectivity index (χ2v) is 6.21. The Kier molecular flexibility index (Phi) is 7.36. The molecule has 2 N–H and O–H groups in total. The Morgan fingerprint density at radius 2 is 2.24 bits per heavy atom. The van der Waals surface area contributed by atoms with Crippen molar-refractivity contribution >= 4 is 42.1 Å². The van der Waals surface area contributed by atoms with Crippen molar-refractivity contribution in [1.29, 1.82) is 0 Å². The van der Waals surface area contributed by atoms with E-state index in [1.54, 1.807) is 17.5 Å². The molecule has 120 valence electrons. The van der Waals surface area contributed by atoms with Crippen molar-refractivity contribution in [2.75, 3.05) is 19.7 Å². The highest BCUT2D eigenvalue weighted by atomic mass is 35.5. The first-order valence-corrected chi connectivity index (χ1v) is 7.67. The zero-order valence-corrected chi connectivity index (χ0v) is 14.1. The van der Waals surface area contributed by atoms with E-state index in [2.05, 4.69) is 4.98 Å². The topological polar surface area (TPSA) is 68.5 Å². The second kappa shape index (κ2) is 8.29. The maximum absolute atomic E-state index is 12.5. The number of carbonyl (C=O) groups is 1. The Hall–Kier alpha value is -0.400. The van der Waals surface area contributed by atoms with Gasteiger partial charge in [-0.15, -0.1) is 36.2 Å². The SMILES string of the molecule is Cl.Cl.NC1CCC(C(=O)N2CCOC(c3nccs3)C2)C1. The molecule has 3 unspecified atom stereocenters. The van der Waals surface area contributed by atoms with Gasteiger partial charge in [0, 0.05) is 30.1 Å². The van der Waals surface area contributed by atoms with Gasteiger partial charge in [-0.2, -0.15) is 0 Å². The predicted molar refractivity (Wildman–Crippen MR) is 87.2 cm³/mol. The minimum absolute atomic E-state index is 0. The number of thiazole rings is 1. The Morgan fingerprint density at radius 1 is 1.43 bits per heavy atom. The van der Waals surface area contributed by atoms with Crippen molar-refractivity contribution in [3.05, 3.63) is 16.6 Å². The second-order valence-electron chi connectivity index (χ2n) is 5.28. The summed E-state index contributed by atoms with van der Waals surface area (Å²) >= 11 is 1.58. The van der Waals surface area contributed by atoms with Crippen LogP contribution in [0.25, 0.3) is 0 Å². The van der Waals surface area contributed by atoms with Gasteiger partial charge in [-0.25, -0.2) is 4.98 Å². The fourth-order valence-corrected chi connectivity index (χ4v) is 3.57. The third kappa shape index (κ3) is 4.29. The number of nitrogens with two attached hydrogens (primary N) is 1. The molecule has 5 nitrogen and oxygen atoms in total. The lowest BCUT2D eigenvalue weighted by Crippen LogP contribution is -2.44. The molecule has 1 aliphatic heterocycles. The van der Waals surface area contributed by atoms with Gasteiger partial charge in [0.25, 0.3) is 0 Å². The fourth-order valence-electron chi connectivity index (χ4n) is 2.89. The minimum atomic E-state index is -0.0622. The van der Waals surface area contributed by atoms with Crippen LogP contribution in [-0.2, 0) is 9.53 Å². The van der Waals surface area contributed by atoms with Crippen LogP contribution in [0.1, 0.15) is 30.4 Å². The highest BCUT2D eigenvalue weighted by Gasteiger charge is 2.34. The van der Waals surface area contributed by atoms with Crippen LogP contribution >= 0.6 is 36.2 Å². The number of hydrogen-bond acceptors (Lipinski definition) is 5. The third-order valence-electron chi connectivity index (χ3n) is 3.93. The van der Waals surface area contributed by atoms with E-state index >= 15 is 0 Å². The minimum Gasteiger partial charge on any atom is -0.367 e. The number of carbonyl (C=O) groups excluding carboxylic acids is 1. The lowest BCUT2D eigenvalue weighted by molar-refractivity contribution is -0.143. The molecule has 1 saturated carbocycles. The molecular formula is C13H21Cl2N3O2S. The van der Waals surface area contributed by atoms with E-state index in [1.807, 2.05) is 10.3 Å². The van der Waals surface area contributed by atoms with Crippen LogP contribution in [0, 0.1) is 5.92 Å². The van der Waals surface area contributed by atoms with Crippen LogP contribution < -0.4 is 5.73 Å². The molecule has 0 radical (unpaired) electrons. The van der Waals surface area contributed by atoms with E-state index < -0.39 is 0 Å². The molecule has 1 amide bonds. The first-order valence-electron chi connectivity index (χ1n) is 6.79. The van der Waals surface area contributed by atoms with Crippen molar-refractivity contribution in [2.24, 2.45) is 11.7 Å². The van der Waals surface area contributed by atoms with Gasteiger partial charge in [0.15, 0.2) is 0 Å². The molecule has 1 aromatic heterocycles. The zero-order valence-electron chi connectivity index (χ0n) is 11.6. The molecule has 2 aliphatic rings. The van der Waals surface area contributed by atoms with E-state index in [4.69, 9.17) is 10.5 Å². The number of morpholine rings is 1. The molecule has 0 spiro atoms. The Bertz CT molecular complexity index is 447. The number of aromatic nitrogens is 1. The molecular weight excluding hydrogens is 333 g/mol. The largest absolute Gasteiger partial charge is 0.367 e. The van der Waals surface area contributed by atoms with Crippen molar-refractivity contribution < 1.29 is 9.53 Å². The van der Waals surface area contributed by atoms with E-state index in [0.717, 1.165) is 24.3 Å². The Balaban J connectivity index is 0.00000110. The maximum Gasteiger partial charge on any atom is 0.225 e. The summed E-state index contributed by atoms with van der Waals surface area (Å²) in [4.78, 5) is 18.7. The van der Waals surface area contributed by atoms with Crippen molar-refractivity contribution in [3.8, 4) is 0 Å². The summed E-state index contributed by atoms with van der Waals surface area (Å²) < 4.78 is 5.72. The quantitative estimate of drug-likeness (QED) is 0.882. The van der Waals surface area contributed by atoms with Gasteiger partial charge in [-0.05, 0) is 19.3 Å². The van der Waals surface area contributed by atoms with Crippen LogP contribution in [0.5, 0.6) is 0 Å². The van der Waals surface area contributed by atoms with Crippen molar-refractivity contribution in [2.45, 2.75) is 31.4 Å². The lowest BCUT2D eigenvalue weighted by atomic mass is 10.1. The van der Waals surface area contributed by atoms with Crippen molar-refractivity contribution in [1.82, 2.24) is 9.88 Å². The van der Waals surface area contributed by atoms with E-state index in [-0.39, 0.29) is 48.8 Å². The Morgan fingerprint density at radius 3 is 2.86 bits per heavy atom. The third-order valence-corrected chi connectivity index (χ3v) is 4.80. The van der Waals surface area contributed by atoms with Crippen LogP contribution in [0.4, 0.5) is 0 Å². The van der Waals surface area contributed by atoms with Gasteiger partial charge in [0.05, 0.1) is 13.2 Å². The van der Waals surface area contributed by atoms with Gasteiger partial charge >= 0.3 is 0 Å². The van der Waals surface area contributed by atoms with Gasteiger partial charge in [0.1, 0.15) is 11.1 Å². The highest BCUT2D eigenvalue weighted by molar-refractivity contribution is 7.09. The summed E-state index contributed by atoms with van der Waals surface area (Å²) in [5, 5.41) is 2.90. The van der Waals surface area contributed by atoms with Crippen molar-refractivity contribution in [3.63, 3.8) is 0 Å². The first-order chi connectivity index (χ1) is 9.24. The molecule has 1 saturated heterocycles. The summed E-state index contributed by atoms with van der Waals surface area (Å²) in [6.07, 6.45) is 4.45. The molecule has 0 bridgehead atoms. The van der Waals surface area contributed by atoms with Crippen LogP contribution in [0.15, 0.2) is 11.6 Å². The van der Waals surface area contributed by atoms with E-state index in [1.165, 1.54) is 0 Å². The number of halogens is 2. The summed E-state index contributed by atoms with van der Waals surface area (Å²) in [6.45, 7) is 1.90. The highest BCUT2D eigenvalue weighted by Crippen LogP contribution is 2.29. The molecule has 0 aromatic carbocycles. The predicted octanol–water partition coefficient (Wildman–Crippen LogP) is 2.01.